The predicted octanol–water partition coefficient (Wildman–Crippen LogP) is 2.13. The van der Waals surface area contributed by atoms with Gasteiger partial charge < -0.3 is 0 Å². The van der Waals surface area contributed by atoms with Crippen LogP contribution >= 0.6 is 15.9 Å². The smallest absolute Gasteiger partial charge is 0.271 e. The number of halogens is 1. The molecular formula is C16H13BrN4O3. The minimum absolute atomic E-state index is 0.382. The first-order valence-corrected chi connectivity index (χ1v) is 7.54. The number of pyridine rings is 1. The monoisotopic (exact) mass is 388 g/mol. The van der Waals surface area contributed by atoms with Crippen molar-refractivity contribution in [3.05, 3.63) is 70.0 Å². The van der Waals surface area contributed by atoms with E-state index in [9.17, 15) is 9.59 Å². The van der Waals surface area contributed by atoms with E-state index in [0.29, 0.717) is 11.1 Å². The molecule has 7 nitrogen and oxygen atoms in total. The van der Waals surface area contributed by atoms with Crippen LogP contribution in [0.4, 0.5) is 0 Å². The fourth-order valence-corrected chi connectivity index (χ4v) is 2.06. The highest BCUT2D eigenvalue weighted by molar-refractivity contribution is 9.10. The van der Waals surface area contributed by atoms with Gasteiger partial charge in [0.1, 0.15) is 0 Å². The Labute approximate surface area is 146 Å². The topological polar surface area (TPSA) is 104 Å². The number of carbonyl (C=O) groups is 2. The molecule has 2 aromatic rings. The van der Waals surface area contributed by atoms with Crippen molar-refractivity contribution in [1.29, 1.82) is 0 Å². The largest absolute Gasteiger partial charge is 0.288 e. The van der Waals surface area contributed by atoms with E-state index in [1.807, 2.05) is 0 Å². The van der Waals surface area contributed by atoms with E-state index in [1.54, 1.807) is 42.7 Å². The molecule has 0 aliphatic heterocycles. The van der Waals surface area contributed by atoms with E-state index < -0.39 is 11.8 Å². The van der Waals surface area contributed by atoms with Crippen molar-refractivity contribution in [2.45, 2.75) is 0 Å². The Morgan fingerprint density at radius 1 is 1.29 bits per heavy atom. The van der Waals surface area contributed by atoms with Crippen molar-refractivity contribution in [3.8, 4) is 0 Å². The van der Waals surface area contributed by atoms with Gasteiger partial charge in [0, 0.05) is 34.1 Å². The molecule has 8 heteroatoms. The SMILES string of the molecule is O=C(/C=C/c1cccc(C(=O)N/N=C/c2ccncc2Br)c1)NO. The molecule has 3 N–H and O–H groups in total. The summed E-state index contributed by atoms with van der Waals surface area (Å²) in [7, 11) is 0. The third-order valence-corrected chi connectivity index (χ3v) is 3.52. The van der Waals surface area contributed by atoms with E-state index >= 15 is 0 Å². The molecule has 1 aromatic carbocycles. The van der Waals surface area contributed by atoms with Gasteiger partial charge in [-0.3, -0.25) is 19.8 Å². The van der Waals surface area contributed by atoms with Crippen molar-refractivity contribution in [2.24, 2.45) is 5.10 Å². The van der Waals surface area contributed by atoms with E-state index in [-0.39, 0.29) is 0 Å². The predicted molar refractivity (Wildman–Crippen MR) is 92.4 cm³/mol. The molecule has 0 aliphatic rings. The highest BCUT2D eigenvalue weighted by Crippen LogP contribution is 2.11. The van der Waals surface area contributed by atoms with Crippen molar-refractivity contribution >= 4 is 40.0 Å². The first-order valence-electron chi connectivity index (χ1n) is 6.75. The van der Waals surface area contributed by atoms with Gasteiger partial charge in [-0.25, -0.2) is 10.9 Å². The molecule has 0 aliphatic carbocycles. The molecule has 2 amide bonds. The highest BCUT2D eigenvalue weighted by atomic mass is 79.9. The average Bonchev–Trinajstić information content (AvgIpc) is 2.61. The van der Waals surface area contributed by atoms with Gasteiger partial charge in [0.15, 0.2) is 0 Å². The van der Waals surface area contributed by atoms with Crippen molar-refractivity contribution in [1.82, 2.24) is 15.9 Å². The number of nitrogens with zero attached hydrogens (tertiary/aromatic N) is 2. The zero-order valence-electron chi connectivity index (χ0n) is 12.3. The summed E-state index contributed by atoms with van der Waals surface area (Å²) in [6.07, 6.45) is 7.36. The standard InChI is InChI=1S/C16H13BrN4O3/c17-14-10-18-7-6-13(14)9-19-20-16(23)12-3-1-2-11(8-12)4-5-15(22)21-24/h1-10,24H,(H,20,23)(H,21,22)/b5-4+,19-9+. The fraction of sp³-hybridized carbons (Fsp3) is 0. The van der Waals surface area contributed by atoms with Gasteiger partial charge >= 0.3 is 0 Å². The van der Waals surface area contributed by atoms with Gasteiger partial charge in [-0.15, -0.1) is 0 Å². The zero-order chi connectivity index (χ0) is 17.4. The number of hydrogen-bond donors (Lipinski definition) is 3. The maximum Gasteiger partial charge on any atom is 0.271 e. The van der Waals surface area contributed by atoms with Gasteiger partial charge in [-0.1, -0.05) is 12.1 Å². The quantitative estimate of drug-likeness (QED) is 0.315. The number of hydroxylamine groups is 1. The minimum Gasteiger partial charge on any atom is -0.288 e. The molecule has 0 saturated carbocycles. The number of rotatable bonds is 5. The van der Waals surface area contributed by atoms with Crippen molar-refractivity contribution in [3.63, 3.8) is 0 Å². The molecular weight excluding hydrogens is 376 g/mol. The molecule has 0 saturated heterocycles. The number of nitrogens with one attached hydrogen (secondary N) is 2. The average molecular weight is 389 g/mol. The van der Waals surface area contributed by atoms with Crippen molar-refractivity contribution < 1.29 is 14.8 Å². The molecule has 0 atom stereocenters. The Bertz CT molecular complexity index is 805. The van der Waals surface area contributed by atoms with Gasteiger partial charge in [-0.2, -0.15) is 5.10 Å². The molecule has 1 heterocycles. The summed E-state index contributed by atoms with van der Waals surface area (Å²) < 4.78 is 0.761. The first-order chi connectivity index (χ1) is 11.6. The zero-order valence-corrected chi connectivity index (χ0v) is 13.9. The Morgan fingerprint density at radius 2 is 2.12 bits per heavy atom. The fourth-order valence-electron chi connectivity index (χ4n) is 1.71. The van der Waals surface area contributed by atoms with Crippen LogP contribution in [0.2, 0.25) is 0 Å². The van der Waals surface area contributed by atoms with E-state index in [1.165, 1.54) is 17.8 Å². The minimum atomic E-state index is -0.655. The summed E-state index contributed by atoms with van der Waals surface area (Å²) in [6.45, 7) is 0. The van der Waals surface area contributed by atoms with E-state index in [2.05, 4.69) is 31.4 Å². The molecule has 0 spiro atoms. The van der Waals surface area contributed by atoms with E-state index in [0.717, 1.165) is 16.1 Å². The molecule has 0 unspecified atom stereocenters. The van der Waals surface area contributed by atoms with Crippen LogP contribution in [0.5, 0.6) is 0 Å². The second kappa shape index (κ2) is 8.70. The van der Waals surface area contributed by atoms with Crippen LogP contribution in [-0.2, 0) is 4.79 Å². The van der Waals surface area contributed by atoms with Gasteiger partial charge in [0.05, 0.1) is 6.21 Å². The summed E-state index contributed by atoms with van der Waals surface area (Å²) in [6, 6.07) is 8.35. The molecule has 1 aromatic heterocycles. The Kier molecular flexibility index (Phi) is 6.35. The van der Waals surface area contributed by atoms with Crippen molar-refractivity contribution in [2.75, 3.05) is 0 Å². The highest BCUT2D eigenvalue weighted by Gasteiger charge is 2.04. The second-order valence-electron chi connectivity index (χ2n) is 4.53. The third kappa shape index (κ3) is 5.11. The van der Waals surface area contributed by atoms with Gasteiger partial charge in [0.25, 0.3) is 11.8 Å². The summed E-state index contributed by atoms with van der Waals surface area (Å²) in [5.41, 5.74) is 5.70. The van der Waals surface area contributed by atoms with Crippen LogP contribution in [-0.4, -0.2) is 28.2 Å². The number of hydrazone groups is 1. The number of carbonyl (C=O) groups excluding carboxylic acids is 2. The lowest BCUT2D eigenvalue weighted by Gasteiger charge is -2.02. The molecule has 2 rings (SSSR count). The van der Waals surface area contributed by atoms with Crippen LogP contribution < -0.4 is 10.9 Å². The summed E-state index contributed by atoms with van der Waals surface area (Å²) in [4.78, 5) is 27.0. The lowest BCUT2D eigenvalue weighted by Crippen LogP contribution is -2.17. The van der Waals surface area contributed by atoms with E-state index in [4.69, 9.17) is 5.21 Å². The first kappa shape index (κ1) is 17.5. The normalized spacial score (nSPS) is 10.9. The number of hydrogen-bond acceptors (Lipinski definition) is 5. The Morgan fingerprint density at radius 3 is 2.88 bits per heavy atom. The number of aromatic nitrogens is 1. The lowest BCUT2D eigenvalue weighted by molar-refractivity contribution is -0.124. The number of amides is 2. The molecule has 122 valence electrons. The van der Waals surface area contributed by atoms with Crippen LogP contribution in [0.1, 0.15) is 21.5 Å². The maximum absolute atomic E-state index is 12.1. The molecule has 0 fully saturated rings. The summed E-state index contributed by atoms with van der Waals surface area (Å²) in [5, 5.41) is 12.3. The molecule has 0 bridgehead atoms. The third-order valence-electron chi connectivity index (χ3n) is 2.86. The maximum atomic E-state index is 12.1. The summed E-state index contributed by atoms with van der Waals surface area (Å²) in [5.74, 6) is -1.05. The second-order valence-corrected chi connectivity index (χ2v) is 5.39. The van der Waals surface area contributed by atoms with Crippen LogP contribution in [0.25, 0.3) is 6.08 Å². The van der Waals surface area contributed by atoms with Gasteiger partial charge in [0.2, 0.25) is 0 Å². The van der Waals surface area contributed by atoms with Crippen LogP contribution in [0.3, 0.4) is 0 Å². The van der Waals surface area contributed by atoms with Crippen LogP contribution in [0, 0.1) is 0 Å². The number of benzene rings is 1. The van der Waals surface area contributed by atoms with Crippen LogP contribution in [0.15, 0.2) is 58.4 Å². The summed E-state index contributed by atoms with van der Waals surface area (Å²) >= 11 is 3.33. The Hall–Kier alpha value is -2.84. The van der Waals surface area contributed by atoms with Gasteiger partial charge in [-0.05, 0) is 45.8 Å². The Balaban J connectivity index is 2.03. The molecule has 0 radical (unpaired) electrons. The molecule has 24 heavy (non-hydrogen) atoms. The lowest BCUT2D eigenvalue weighted by atomic mass is 10.1.